The van der Waals surface area contributed by atoms with E-state index in [1.807, 2.05) is 0 Å². The van der Waals surface area contributed by atoms with Crippen molar-refractivity contribution in [2.45, 2.75) is 13.0 Å². The van der Waals surface area contributed by atoms with E-state index in [0.29, 0.717) is 28.4 Å². The van der Waals surface area contributed by atoms with Crippen LogP contribution in [-0.2, 0) is 9.59 Å². The van der Waals surface area contributed by atoms with Crippen molar-refractivity contribution in [1.82, 2.24) is 9.97 Å². The van der Waals surface area contributed by atoms with Crippen LogP contribution >= 0.6 is 11.6 Å². The fourth-order valence-electron chi connectivity index (χ4n) is 4.17. The molecule has 3 aromatic carbocycles. The van der Waals surface area contributed by atoms with E-state index in [1.54, 1.807) is 37.3 Å². The summed E-state index contributed by atoms with van der Waals surface area (Å²) in [4.78, 5) is 35.0. The molecule has 7 nitrogen and oxygen atoms in total. The second kappa shape index (κ2) is 8.88. The maximum absolute atomic E-state index is 15.0. The zero-order valence-corrected chi connectivity index (χ0v) is 19.2. The predicted octanol–water partition coefficient (Wildman–Crippen LogP) is 5.38. The number of fused-ring (bicyclic) bond motifs is 1. The van der Waals surface area contributed by atoms with E-state index in [1.165, 1.54) is 36.4 Å². The van der Waals surface area contributed by atoms with Gasteiger partial charge >= 0.3 is 5.91 Å². The third kappa shape index (κ3) is 3.81. The van der Waals surface area contributed by atoms with Crippen LogP contribution in [0.15, 0.2) is 72.3 Å². The van der Waals surface area contributed by atoms with E-state index in [9.17, 15) is 14.7 Å². The highest BCUT2D eigenvalue weighted by Crippen LogP contribution is 2.43. The third-order valence-electron chi connectivity index (χ3n) is 5.75. The van der Waals surface area contributed by atoms with Crippen molar-refractivity contribution in [3.05, 3.63) is 94.3 Å². The van der Waals surface area contributed by atoms with Gasteiger partial charge in [-0.3, -0.25) is 14.5 Å². The summed E-state index contributed by atoms with van der Waals surface area (Å²) in [5.41, 5.74) is 1.16. The van der Waals surface area contributed by atoms with Crippen LogP contribution in [0.1, 0.15) is 24.1 Å². The smallest absolute Gasteiger partial charge is 0.302 e. The first-order chi connectivity index (χ1) is 16.9. The van der Waals surface area contributed by atoms with Crippen molar-refractivity contribution in [2.75, 3.05) is 11.5 Å². The SMILES string of the molecule is CCOc1cc(/C(O)=C2\C(=O)C(=O)N(c3nc4ccccc4[nH]3)C2c2ccccc2F)ccc1Cl. The lowest BCUT2D eigenvalue weighted by Gasteiger charge is -2.23. The van der Waals surface area contributed by atoms with Crippen LogP contribution in [0.25, 0.3) is 16.8 Å². The number of aliphatic hydroxyl groups excluding tert-OH is 1. The number of aromatic nitrogens is 2. The molecule has 0 aliphatic carbocycles. The molecule has 4 aromatic rings. The number of hydrogen-bond acceptors (Lipinski definition) is 5. The molecular weight excluding hydrogens is 473 g/mol. The summed E-state index contributed by atoms with van der Waals surface area (Å²) in [6.45, 7) is 2.11. The van der Waals surface area contributed by atoms with Gasteiger partial charge in [-0.25, -0.2) is 9.37 Å². The van der Waals surface area contributed by atoms with Gasteiger partial charge in [0.05, 0.1) is 28.2 Å². The summed E-state index contributed by atoms with van der Waals surface area (Å²) in [6, 6.07) is 16.1. The highest BCUT2D eigenvalue weighted by Gasteiger charge is 2.49. The standard InChI is InChI=1S/C26H19ClFN3O4/c1-2-35-20-13-14(11-12-16(20)27)23(32)21-22(15-7-3-4-8-17(15)28)31(25(34)24(21)33)26-29-18-9-5-6-10-19(18)30-26/h3-13,22,32H,2H2,1H3,(H,29,30)/b23-21+. The van der Waals surface area contributed by atoms with Gasteiger partial charge in [0.2, 0.25) is 5.95 Å². The number of ether oxygens (including phenoxy) is 1. The number of para-hydroxylation sites is 2. The van der Waals surface area contributed by atoms with E-state index in [-0.39, 0.29) is 22.6 Å². The van der Waals surface area contributed by atoms with Crippen molar-refractivity contribution < 1.29 is 23.8 Å². The summed E-state index contributed by atoms with van der Waals surface area (Å²) in [5, 5.41) is 11.6. The summed E-state index contributed by atoms with van der Waals surface area (Å²) in [5.74, 6) is -2.67. The average molecular weight is 492 g/mol. The molecule has 1 atom stereocenters. The summed E-state index contributed by atoms with van der Waals surface area (Å²) in [6.07, 6.45) is 0. The minimum Gasteiger partial charge on any atom is -0.507 e. The number of aliphatic hydroxyl groups is 1. The predicted molar refractivity (Wildman–Crippen MR) is 130 cm³/mol. The number of hydrogen-bond donors (Lipinski definition) is 2. The topological polar surface area (TPSA) is 95.5 Å². The molecule has 1 fully saturated rings. The van der Waals surface area contributed by atoms with Crippen LogP contribution in [0.2, 0.25) is 5.02 Å². The van der Waals surface area contributed by atoms with Crippen molar-refractivity contribution in [2.24, 2.45) is 0 Å². The average Bonchev–Trinajstić information content (AvgIpc) is 3.39. The number of nitrogens with one attached hydrogen (secondary N) is 1. The number of nitrogens with zero attached hydrogens (tertiary/aromatic N) is 2. The molecule has 5 rings (SSSR count). The number of aromatic amines is 1. The molecule has 0 spiro atoms. The van der Waals surface area contributed by atoms with Gasteiger partial charge < -0.3 is 14.8 Å². The molecular formula is C26H19ClFN3O4. The first kappa shape index (κ1) is 22.6. The number of benzene rings is 3. The Morgan fingerprint density at radius 2 is 1.89 bits per heavy atom. The lowest BCUT2D eigenvalue weighted by molar-refractivity contribution is -0.132. The zero-order valence-electron chi connectivity index (χ0n) is 18.5. The molecule has 2 heterocycles. The van der Waals surface area contributed by atoms with Crippen LogP contribution in [-0.4, -0.2) is 33.4 Å². The minimum absolute atomic E-state index is 0.0349. The van der Waals surface area contributed by atoms with E-state index in [2.05, 4.69) is 9.97 Å². The van der Waals surface area contributed by atoms with Crippen molar-refractivity contribution >= 4 is 46.0 Å². The number of carbonyl (C=O) groups excluding carboxylic acids is 2. The second-order valence-electron chi connectivity index (χ2n) is 7.85. The summed E-state index contributed by atoms with van der Waals surface area (Å²) >= 11 is 6.16. The molecule has 1 amide bonds. The molecule has 9 heteroatoms. The Morgan fingerprint density at radius 1 is 1.14 bits per heavy atom. The highest BCUT2D eigenvalue weighted by atomic mass is 35.5. The number of imidazole rings is 1. The number of rotatable bonds is 5. The zero-order chi connectivity index (χ0) is 24.7. The maximum atomic E-state index is 15.0. The van der Waals surface area contributed by atoms with Crippen molar-refractivity contribution in [3.8, 4) is 5.75 Å². The van der Waals surface area contributed by atoms with E-state index in [0.717, 1.165) is 4.90 Å². The molecule has 0 bridgehead atoms. The largest absolute Gasteiger partial charge is 0.507 e. The van der Waals surface area contributed by atoms with Crippen LogP contribution in [0.3, 0.4) is 0 Å². The first-order valence-electron chi connectivity index (χ1n) is 10.8. The normalized spacial score (nSPS) is 17.3. The third-order valence-corrected chi connectivity index (χ3v) is 6.07. The quantitative estimate of drug-likeness (QED) is 0.222. The van der Waals surface area contributed by atoms with Crippen LogP contribution in [0, 0.1) is 5.82 Å². The Hall–Kier alpha value is -4.17. The van der Waals surface area contributed by atoms with Gasteiger partial charge in [-0.1, -0.05) is 41.9 Å². The Balaban J connectivity index is 1.73. The minimum atomic E-state index is -1.26. The molecule has 1 unspecified atom stereocenters. The van der Waals surface area contributed by atoms with Crippen LogP contribution in [0.5, 0.6) is 5.75 Å². The number of ketones is 1. The van der Waals surface area contributed by atoms with Crippen molar-refractivity contribution in [1.29, 1.82) is 0 Å². The van der Waals surface area contributed by atoms with E-state index in [4.69, 9.17) is 16.3 Å². The van der Waals surface area contributed by atoms with Gasteiger partial charge in [-0.2, -0.15) is 0 Å². The van der Waals surface area contributed by atoms with Crippen LogP contribution < -0.4 is 9.64 Å². The molecule has 1 aliphatic rings. The Kier molecular flexibility index (Phi) is 5.74. The number of carbonyl (C=O) groups is 2. The van der Waals surface area contributed by atoms with Crippen LogP contribution in [0.4, 0.5) is 10.3 Å². The highest BCUT2D eigenvalue weighted by molar-refractivity contribution is 6.51. The van der Waals surface area contributed by atoms with Gasteiger partial charge in [0.25, 0.3) is 5.78 Å². The molecule has 1 saturated heterocycles. The van der Waals surface area contributed by atoms with E-state index < -0.39 is 29.3 Å². The molecule has 1 aromatic heterocycles. The number of amides is 1. The number of anilines is 1. The molecule has 1 aliphatic heterocycles. The molecule has 176 valence electrons. The van der Waals surface area contributed by atoms with Gasteiger partial charge in [-0.05, 0) is 43.3 Å². The molecule has 0 saturated carbocycles. The van der Waals surface area contributed by atoms with Gasteiger partial charge in [0, 0.05) is 11.1 Å². The fourth-order valence-corrected chi connectivity index (χ4v) is 4.34. The number of halogens is 2. The first-order valence-corrected chi connectivity index (χ1v) is 11.2. The fraction of sp³-hybridized carbons (Fsp3) is 0.115. The molecule has 2 N–H and O–H groups in total. The Labute approximate surface area is 204 Å². The molecule has 0 radical (unpaired) electrons. The monoisotopic (exact) mass is 491 g/mol. The van der Waals surface area contributed by atoms with Gasteiger partial charge in [0.1, 0.15) is 23.4 Å². The lowest BCUT2D eigenvalue weighted by atomic mass is 9.95. The van der Waals surface area contributed by atoms with Gasteiger partial charge in [-0.15, -0.1) is 0 Å². The number of H-pyrrole nitrogens is 1. The summed E-state index contributed by atoms with van der Waals surface area (Å²) < 4.78 is 20.5. The van der Waals surface area contributed by atoms with Crippen molar-refractivity contribution in [3.63, 3.8) is 0 Å². The Morgan fingerprint density at radius 3 is 2.63 bits per heavy atom. The molecule has 35 heavy (non-hydrogen) atoms. The maximum Gasteiger partial charge on any atom is 0.302 e. The van der Waals surface area contributed by atoms with Gasteiger partial charge in [0.15, 0.2) is 0 Å². The van der Waals surface area contributed by atoms with E-state index >= 15 is 4.39 Å². The summed E-state index contributed by atoms with van der Waals surface area (Å²) in [7, 11) is 0. The number of Topliss-reactive ketones (excluding diaryl/α,β-unsaturated/α-hetero) is 1. The second-order valence-corrected chi connectivity index (χ2v) is 8.25. The lowest BCUT2D eigenvalue weighted by Crippen LogP contribution is -2.30. The Bertz CT molecular complexity index is 1480.